The molecule has 3 heteroatoms. The van der Waals surface area contributed by atoms with Crippen molar-refractivity contribution in [1.29, 1.82) is 0 Å². The van der Waals surface area contributed by atoms with Crippen LogP contribution in [0.4, 0.5) is 0 Å². The van der Waals surface area contributed by atoms with Crippen LogP contribution in [-0.2, 0) is 0 Å². The third kappa shape index (κ3) is 3.63. The Bertz CT molecular complexity index is 581. The molecule has 3 N–H and O–H groups in total. The summed E-state index contributed by atoms with van der Waals surface area (Å²) in [6.07, 6.45) is 0. The van der Waals surface area contributed by atoms with Crippen molar-refractivity contribution >= 4 is 11.8 Å². The summed E-state index contributed by atoms with van der Waals surface area (Å²) < 4.78 is 0. The number of hydrogen-bond acceptors (Lipinski definition) is 3. The van der Waals surface area contributed by atoms with Crippen molar-refractivity contribution in [1.82, 2.24) is 5.43 Å². The molecule has 2 aromatic rings. The average molecular weight is 286 g/mol. The molecule has 20 heavy (non-hydrogen) atoms. The summed E-state index contributed by atoms with van der Waals surface area (Å²) in [5, 5.41) is 0. The van der Waals surface area contributed by atoms with Crippen molar-refractivity contribution in [2.24, 2.45) is 5.84 Å². The number of nitrogens with one attached hydrogen (secondary N) is 1. The van der Waals surface area contributed by atoms with Crippen LogP contribution in [0.15, 0.2) is 47.4 Å². The van der Waals surface area contributed by atoms with Gasteiger partial charge in [0.15, 0.2) is 0 Å². The van der Waals surface area contributed by atoms with E-state index in [0.717, 1.165) is 5.75 Å². The summed E-state index contributed by atoms with van der Waals surface area (Å²) in [5.41, 5.74) is 8.15. The van der Waals surface area contributed by atoms with Gasteiger partial charge in [0.2, 0.25) is 0 Å². The summed E-state index contributed by atoms with van der Waals surface area (Å²) in [6, 6.07) is 15.1. The van der Waals surface area contributed by atoms with Gasteiger partial charge < -0.3 is 0 Å². The standard InChI is InChI=1S/C17H22N2S/c1-12-6-4-8-15(10-12)20-11-17(19-18)16-9-5-7-13(2)14(16)3/h4-10,17,19H,11,18H2,1-3H3. The van der Waals surface area contributed by atoms with Gasteiger partial charge in [-0.2, -0.15) is 0 Å². The molecule has 0 amide bonds. The van der Waals surface area contributed by atoms with E-state index in [4.69, 9.17) is 5.84 Å². The molecule has 106 valence electrons. The molecular weight excluding hydrogens is 264 g/mol. The lowest BCUT2D eigenvalue weighted by Crippen LogP contribution is -2.30. The summed E-state index contributed by atoms with van der Waals surface area (Å²) in [7, 11) is 0. The van der Waals surface area contributed by atoms with Gasteiger partial charge in [0.1, 0.15) is 0 Å². The van der Waals surface area contributed by atoms with Crippen molar-refractivity contribution in [2.75, 3.05) is 5.75 Å². The van der Waals surface area contributed by atoms with Gasteiger partial charge in [-0.3, -0.25) is 11.3 Å². The zero-order valence-electron chi connectivity index (χ0n) is 12.3. The SMILES string of the molecule is Cc1cccc(SCC(NN)c2cccc(C)c2C)c1. The summed E-state index contributed by atoms with van der Waals surface area (Å²) in [4.78, 5) is 1.29. The van der Waals surface area contributed by atoms with Gasteiger partial charge in [-0.25, -0.2) is 0 Å². The molecule has 0 bridgehead atoms. The molecule has 0 radical (unpaired) electrons. The number of hydrazine groups is 1. The van der Waals surface area contributed by atoms with Crippen molar-refractivity contribution in [2.45, 2.75) is 31.7 Å². The van der Waals surface area contributed by atoms with Crippen molar-refractivity contribution in [3.05, 3.63) is 64.7 Å². The lowest BCUT2D eigenvalue weighted by atomic mass is 9.99. The number of nitrogens with two attached hydrogens (primary N) is 1. The highest BCUT2D eigenvalue weighted by Gasteiger charge is 2.13. The average Bonchev–Trinajstić information content (AvgIpc) is 2.44. The second-order valence-corrected chi connectivity index (χ2v) is 6.23. The maximum absolute atomic E-state index is 5.75. The fourth-order valence-corrected chi connectivity index (χ4v) is 3.34. The van der Waals surface area contributed by atoms with Crippen molar-refractivity contribution in [3.8, 4) is 0 Å². The largest absolute Gasteiger partial charge is 0.271 e. The minimum atomic E-state index is 0.167. The molecule has 2 rings (SSSR count). The fraction of sp³-hybridized carbons (Fsp3) is 0.294. The predicted molar refractivity (Wildman–Crippen MR) is 87.9 cm³/mol. The van der Waals surface area contributed by atoms with Crippen molar-refractivity contribution < 1.29 is 0 Å². The molecule has 0 aromatic heterocycles. The topological polar surface area (TPSA) is 38.0 Å². The van der Waals surface area contributed by atoms with Crippen LogP contribution < -0.4 is 11.3 Å². The Kier molecular flexibility index (Phi) is 5.24. The molecule has 0 heterocycles. The van der Waals surface area contributed by atoms with E-state index in [-0.39, 0.29) is 6.04 Å². The first-order valence-electron chi connectivity index (χ1n) is 6.83. The first-order chi connectivity index (χ1) is 9.61. The lowest BCUT2D eigenvalue weighted by Gasteiger charge is -2.19. The van der Waals surface area contributed by atoms with E-state index in [9.17, 15) is 0 Å². The molecule has 2 aromatic carbocycles. The van der Waals surface area contributed by atoms with Crippen LogP contribution in [-0.4, -0.2) is 5.75 Å². The Balaban J connectivity index is 2.11. The molecule has 0 spiro atoms. The molecule has 0 aliphatic carbocycles. The molecular formula is C17H22N2S. The zero-order chi connectivity index (χ0) is 14.5. The molecule has 1 unspecified atom stereocenters. The Morgan fingerprint density at radius 3 is 2.55 bits per heavy atom. The number of hydrogen-bond donors (Lipinski definition) is 2. The van der Waals surface area contributed by atoms with Crippen LogP contribution in [0.25, 0.3) is 0 Å². The van der Waals surface area contributed by atoms with E-state index in [2.05, 4.69) is 68.7 Å². The number of aryl methyl sites for hydroxylation is 2. The maximum atomic E-state index is 5.75. The van der Waals surface area contributed by atoms with E-state index < -0.39 is 0 Å². The monoisotopic (exact) mass is 286 g/mol. The summed E-state index contributed by atoms with van der Waals surface area (Å²) >= 11 is 1.83. The lowest BCUT2D eigenvalue weighted by molar-refractivity contribution is 0.607. The Morgan fingerprint density at radius 2 is 1.85 bits per heavy atom. The molecule has 2 nitrogen and oxygen atoms in total. The Labute approximate surface area is 125 Å². The second-order valence-electron chi connectivity index (χ2n) is 5.14. The van der Waals surface area contributed by atoms with Gasteiger partial charge >= 0.3 is 0 Å². The van der Waals surface area contributed by atoms with Crippen LogP contribution in [0.5, 0.6) is 0 Å². The molecule has 0 aliphatic heterocycles. The second kappa shape index (κ2) is 6.93. The minimum absolute atomic E-state index is 0.167. The van der Waals surface area contributed by atoms with Crippen LogP contribution in [0, 0.1) is 20.8 Å². The minimum Gasteiger partial charge on any atom is -0.271 e. The highest BCUT2D eigenvalue weighted by Crippen LogP contribution is 2.27. The van der Waals surface area contributed by atoms with E-state index in [0.29, 0.717) is 0 Å². The Morgan fingerprint density at radius 1 is 1.10 bits per heavy atom. The van der Waals surface area contributed by atoms with Crippen LogP contribution in [0.3, 0.4) is 0 Å². The smallest absolute Gasteiger partial charge is 0.0556 e. The maximum Gasteiger partial charge on any atom is 0.0556 e. The first kappa shape index (κ1) is 15.1. The van der Waals surface area contributed by atoms with E-state index in [1.807, 2.05) is 11.8 Å². The quantitative estimate of drug-likeness (QED) is 0.497. The third-order valence-electron chi connectivity index (χ3n) is 3.63. The van der Waals surface area contributed by atoms with Crippen molar-refractivity contribution in [3.63, 3.8) is 0 Å². The molecule has 1 atom stereocenters. The molecule has 0 saturated carbocycles. The number of benzene rings is 2. The van der Waals surface area contributed by atoms with Gasteiger partial charge in [-0.15, -0.1) is 11.8 Å². The van der Waals surface area contributed by atoms with Gasteiger partial charge in [0, 0.05) is 10.6 Å². The van der Waals surface area contributed by atoms with Crippen LogP contribution in [0.2, 0.25) is 0 Å². The van der Waals surface area contributed by atoms with Gasteiger partial charge in [-0.05, 0) is 49.6 Å². The van der Waals surface area contributed by atoms with E-state index in [1.165, 1.54) is 27.1 Å². The first-order valence-corrected chi connectivity index (χ1v) is 7.82. The van der Waals surface area contributed by atoms with E-state index in [1.54, 1.807) is 0 Å². The number of thioether (sulfide) groups is 1. The Hall–Kier alpha value is -1.29. The highest BCUT2D eigenvalue weighted by molar-refractivity contribution is 7.99. The summed E-state index contributed by atoms with van der Waals surface area (Å²) in [6.45, 7) is 6.42. The van der Waals surface area contributed by atoms with Gasteiger partial charge in [0.25, 0.3) is 0 Å². The number of rotatable bonds is 5. The zero-order valence-corrected chi connectivity index (χ0v) is 13.1. The molecule has 0 saturated heterocycles. The fourth-order valence-electron chi connectivity index (χ4n) is 2.26. The van der Waals surface area contributed by atoms with Crippen LogP contribution in [0.1, 0.15) is 28.3 Å². The highest BCUT2D eigenvalue weighted by atomic mass is 32.2. The van der Waals surface area contributed by atoms with Gasteiger partial charge in [-0.1, -0.05) is 35.9 Å². The van der Waals surface area contributed by atoms with Gasteiger partial charge in [0.05, 0.1) is 6.04 Å². The normalized spacial score (nSPS) is 12.4. The van der Waals surface area contributed by atoms with E-state index >= 15 is 0 Å². The predicted octanol–water partition coefficient (Wildman–Crippen LogP) is 3.91. The third-order valence-corrected chi connectivity index (χ3v) is 4.72. The van der Waals surface area contributed by atoms with Crippen LogP contribution >= 0.6 is 11.8 Å². The molecule has 0 fully saturated rings. The summed E-state index contributed by atoms with van der Waals surface area (Å²) in [5.74, 6) is 6.68. The molecule has 0 aliphatic rings.